The van der Waals surface area contributed by atoms with Gasteiger partial charge in [0.2, 0.25) is 0 Å². The molecule has 4 aromatic rings. The molecule has 7 nitrogen and oxygen atoms in total. The second kappa shape index (κ2) is 7.49. The highest BCUT2D eigenvalue weighted by molar-refractivity contribution is 7.15. The number of aromatic nitrogens is 5. The maximum Gasteiger partial charge on any atom is 0.433 e. The second-order valence-electron chi connectivity index (χ2n) is 7.07. The lowest BCUT2D eigenvalue weighted by molar-refractivity contribution is -0.142. The molecule has 1 N–H and O–H groups in total. The first kappa shape index (κ1) is 21.0. The van der Waals surface area contributed by atoms with Crippen molar-refractivity contribution < 1.29 is 18.0 Å². The maximum absolute atomic E-state index is 13.8. The molecule has 0 aromatic carbocycles. The molecule has 4 aromatic heterocycles. The van der Waals surface area contributed by atoms with Gasteiger partial charge in [0.1, 0.15) is 0 Å². The Kier molecular flexibility index (Phi) is 5.08. The summed E-state index contributed by atoms with van der Waals surface area (Å²) in [5, 5.41) is 10.8. The second-order valence-corrected chi connectivity index (χ2v) is 8.24. The van der Waals surface area contributed by atoms with E-state index in [0.717, 1.165) is 23.1 Å². The molecule has 162 valence electrons. The summed E-state index contributed by atoms with van der Waals surface area (Å²) >= 11 is 1.39. The summed E-state index contributed by atoms with van der Waals surface area (Å²) in [6.45, 7) is 5.48. The Labute approximate surface area is 179 Å². The molecular weight excluding hydrogens is 429 g/mol. The SMILES string of the molecule is CCc1ccc(-c2cc(C(F)(F)F)n3nc(C(=O)Nc4c(C)nn(C)c4C)cc3n2)s1. The van der Waals surface area contributed by atoms with Crippen molar-refractivity contribution in [2.75, 3.05) is 5.32 Å². The van der Waals surface area contributed by atoms with Crippen LogP contribution in [-0.4, -0.2) is 30.3 Å². The minimum atomic E-state index is -4.67. The van der Waals surface area contributed by atoms with Crippen LogP contribution in [0.1, 0.15) is 39.4 Å². The normalized spacial score (nSPS) is 12.0. The van der Waals surface area contributed by atoms with Gasteiger partial charge in [-0.2, -0.15) is 23.4 Å². The topological polar surface area (TPSA) is 77.1 Å². The zero-order chi connectivity index (χ0) is 22.5. The quantitative estimate of drug-likeness (QED) is 0.493. The van der Waals surface area contributed by atoms with Gasteiger partial charge in [0.15, 0.2) is 17.0 Å². The van der Waals surface area contributed by atoms with Crippen molar-refractivity contribution in [3.8, 4) is 10.6 Å². The molecule has 0 atom stereocenters. The van der Waals surface area contributed by atoms with E-state index in [0.29, 0.717) is 20.8 Å². The van der Waals surface area contributed by atoms with E-state index >= 15 is 0 Å². The highest BCUT2D eigenvalue weighted by atomic mass is 32.1. The number of carbonyl (C=O) groups is 1. The van der Waals surface area contributed by atoms with E-state index in [1.165, 1.54) is 17.4 Å². The minimum Gasteiger partial charge on any atom is -0.317 e. The van der Waals surface area contributed by atoms with Crippen molar-refractivity contribution in [3.63, 3.8) is 0 Å². The van der Waals surface area contributed by atoms with E-state index < -0.39 is 17.8 Å². The van der Waals surface area contributed by atoms with Crippen LogP contribution in [-0.2, 0) is 19.6 Å². The lowest BCUT2D eigenvalue weighted by Gasteiger charge is -2.10. The average molecular weight is 448 g/mol. The number of aryl methyl sites for hydroxylation is 3. The number of amides is 1. The molecule has 0 unspecified atom stereocenters. The summed E-state index contributed by atoms with van der Waals surface area (Å²) in [5.74, 6) is -0.635. The smallest absolute Gasteiger partial charge is 0.317 e. The third kappa shape index (κ3) is 3.80. The van der Waals surface area contributed by atoms with Crippen LogP contribution >= 0.6 is 11.3 Å². The van der Waals surface area contributed by atoms with Gasteiger partial charge in [0.25, 0.3) is 5.91 Å². The Morgan fingerprint density at radius 2 is 1.94 bits per heavy atom. The predicted molar refractivity (Wildman–Crippen MR) is 111 cm³/mol. The van der Waals surface area contributed by atoms with E-state index in [2.05, 4.69) is 20.5 Å². The van der Waals surface area contributed by atoms with Gasteiger partial charge in [0.05, 0.1) is 27.6 Å². The highest BCUT2D eigenvalue weighted by Crippen LogP contribution is 2.34. The van der Waals surface area contributed by atoms with Crippen LogP contribution in [0.3, 0.4) is 0 Å². The number of fused-ring (bicyclic) bond motifs is 1. The first-order valence-corrected chi connectivity index (χ1v) is 10.3. The summed E-state index contributed by atoms with van der Waals surface area (Å²) in [7, 11) is 1.73. The number of nitrogens with one attached hydrogen (secondary N) is 1. The third-order valence-electron chi connectivity index (χ3n) is 4.96. The van der Waals surface area contributed by atoms with Gasteiger partial charge in [-0.1, -0.05) is 6.92 Å². The van der Waals surface area contributed by atoms with Gasteiger partial charge in [0, 0.05) is 18.0 Å². The number of hydrogen-bond acceptors (Lipinski definition) is 5. The van der Waals surface area contributed by atoms with E-state index in [1.807, 2.05) is 13.0 Å². The Balaban J connectivity index is 1.79. The highest BCUT2D eigenvalue weighted by Gasteiger charge is 2.36. The Morgan fingerprint density at radius 1 is 1.19 bits per heavy atom. The summed E-state index contributed by atoms with van der Waals surface area (Å²) < 4.78 is 43.5. The largest absolute Gasteiger partial charge is 0.433 e. The summed E-state index contributed by atoms with van der Waals surface area (Å²) in [4.78, 5) is 18.7. The van der Waals surface area contributed by atoms with E-state index in [9.17, 15) is 18.0 Å². The van der Waals surface area contributed by atoms with Crippen molar-refractivity contribution in [1.29, 1.82) is 0 Å². The molecule has 0 fully saturated rings. The number of carbonyl (C=O) groups excluding carboxylic acids is 1. The van der Waals surface area contributed by atoms with E-state index in [4.69, 9.17) is 0 Å². The number of rotatable bonds is 4. The molecule has 4 heterocycles. The zero-order valence-electron chi connectivity index (χ0n) is 17.2. The van der Waals surface area contributed by atoms with Crippen LogP contribution in [0.4, 0.5) is 18.9 Å². The standard InChI is InChI=1S/C20H19F3N6OS/c1-5-12-6-7-15(31-12)13-8-16(20(21,22)23)29-17(24-13)9-14(27-29)19(30)25-18-10(2)26-28(4)11(18)3/h6-9H,5H2,1-4H3,(H,25,30). The van der Waals surface area contributed by atoms with Crippen LogP contribution in [0.15, 0.2) is 24.3 Å². The molecule has 0 radical (unpaired) electrons. The predicted octanol–water partition coefficient (Wildman–Crippen LogP) is 4.64. The average Bonchev–Trinajstić information content (AvgIpc) is 3.40. The summed E-state index contributed by atoms with van der Waals surface area (Å²) in [6, 6.07) is 5.83. The van der Waals surface area contributed by atoms with Gasteiger partial charge in [-0.25, -0.2) is 9.50 Å². The van der Waals surface area contributed by atoms with Gasteiger partial charge in [-0.3, -0.25) is 9.48 Å². The van der Waals surface area contributed by atoms with Crippen molar-refractivity contribution in [1.82, 2.24) is 24.4 Å². The number of thiophene rings is 1. The van der Waals surface area contributed by atoms with Crippen LogP contribution in [0.25, 0.3) is 16.2 Å². The molecule has 0 saturated heterocycles. The Bertz CT molecular complexity index is 1300. The number of alkyl halides is 3. The monoisotopic (exact) mass is 448 g/mol. The Morgan fingerprint density at radius 3 is 2.52 bits per heavy atom. The third-order valence-corrected chi connectivity index (χ3v) is 6.21. The lowest BCUT2D eigenvalue weighted by Crippen LogP contribution is -2.16. The van der Waals surface area contributed by atoms with Gasteiger partial charge < -0.3 is 5.32 Å². The molecule has 1 amide bonds. The fourth-order valence-corrected chi connectivity index (χ4v) is 4.16. The molecule has 31 heavy (non-hydrogen) atoms. The first-order chi connectivity index (χ1) is 14.6. The Hall–Kier alpha value is -3.21. The van der Waals surface area contributed by atoms with E-state index in [1.54, 1.807) is 31.6 Å². The number of hydrogen-bond donors (Lipinski definition) is 1. The summed E-state index contributed by atoms with van der Waals surface area (Å²) in [5.41, 5.74) is 0.787. The van der Waals surface area contributed by atoms with Crippen LogP contribution in [0.2, 0.25) is 0 Å². The molecule has 0 bridgehead atoms. The van der Waals surface area contributed by atoms with Gasteiger partial charge in [-0.05, 0) is 38.5 Å². The molecule has 0 saturated carbocycles. The van der Waals surface area contributed by atoms with Crippen LogP contribution in [0.5, 0.6) is 0 Å². The maximum atomic E-state index is 13.8. The number of anilines is 1. The minimum absolute atomic E-state index is 0.0546. The van der Waals surface area contributed by atoms with Gasteiger partial charge in [-0.15, -0.1) is 11.3 Å². The van der Waals surface area contributed by atoms with Gasteiger partial charge >= 0.3 is 6.18 Å². The van der Waals surface area contributed by atoms with Crippen LogP contribution in [0, 0.1) is 13.8 Å². The van der Waals surface area contributed by atoms with Crippen molar-refractivity contribution in [3.05, 3.63) is 51.9 Å². The molecule has 0 aliphatic carbocycles. The van der Waals surface area contributed by atoms with Crippen LogP contribution < -0.4 is 5.32 Å². The molecule has 0 aliphatic heterocycles. The molecule has 0 aliphatic rings. The molecular formula is C20H19F3N6OS. The molecule has 0 spiro atoms. The first-order valence-electron chi connectivity index (χ1n) is 9.47. The lowest BCUT2D eigenvalue weighted by atomic mass is 10.2. The zero-order valence-corrected chi connectivity index (χ0v) is 18.0. The number of nitrogens with zero attached hydrogens (tertiary/aromatic N) is 5. The van der Waals surface area contributed by atoms with Crippen molar-refractivity contribution >= 4 is 28.6 Å². The van der Waals surface area contributed by atoms with E-state index in [-0.39, 0.29) is 17.0 Å². The van der Waals surface area contributed by atoms with Crippen molar-refractivity contribution in [2.45, 2.75) is 33.4 Å². The fraction of sp³-hybridized carbons (Fsp3) is 0.300. The number of halogens is 3. The molecule has 11 heteroatoms. The van der Waals surface area contributed by atoms with Crippen molar-refractivity contribution in [2.24, 2.45) is 7.05 Å². The fourth-order valence-electron chi connectivity index (χ4n) is 3.25. The summed E-state index contributed by atoms with van der Waals surface area (Å²) in [6.07, 6.45) is -3.89. The molecule has 4 rings (SSSR count).